The lowest BCUT2D eigenvalue weighted by Crippen LogP contribution is -2.21. The smallest absolute Gasteiger partial charge is 0.232 e. The van der Waals surface area contributed by atoms with Gasteiger partial charge in [0, 0.05) is 5.69 Å². The number of anilines is 2. The van der Waals surface area contributed by atoms with Crippen LogP contribution in [0.3, 0.4) is 0 Å². The highest BCUT2D eigenvalue weighted by molar-refractivity contribution is 7.92. The Labute approximate surface area is 115 Å². The van der Waals surface area contributed by atoms with Gasteiger partial charge in [0.25, 0.3) is 0 Å². The number of sulfonamides is 1. The number of benzene rings is 1. The number of nitrogens with one attached hydrogen (secondary N) is 1. The molecule has 5 nitrogen and oxygen atoms in total. The van der Waals surface area contributed by atoms with Crippen molar-refractivity contribution in [1.82, 2.24) is 0 Å². The number of ether oxygens (including phenoxy) is 1. The van der Waals surface area contributed by atoms with Crippen molar-refractivity contribution < 1.29 is 13.2 Å². The summed E-state index contributed by atoms with van der Waals surface area (Å²) < 4.78 is 31.7. The number of nitrogen functional groups attached to an aromatic ring is 1. The van der Waals surface area contributed by atoms with Crippen LogP contribution in [0.15, 0.2) is 18.2 Å². The molecular formula is C13H22N2O3S. The summed E-state index contributed by atoms with van der Waals surface area (Å²) in [5.41, 5.74) is 6.47. The molecule has 1 aromatic carbocycles. The van der Waals surface area contributed by atoms with Crippen LogP contribution in [0.4, 0.5) is 11.4 Å². The van der Waals surface area contributed by atoms with Gasteiger partial charge in [-0.25, -0.2) is 8.42 Å². The van der Waals surface area contributed by atoms with Gasteiger partial charge >= 0.3 is 0 Å². The highest BCUT2D eigenvalue weighted by Crippen LogP contribution is 2.28. The van der Waals surface area contributed by atoms with Crippen molar-refractivity contribution in [3.05, 3.63) is 18.2 Å². The van der Waals surface area contributed by atoms with E-state index in [2.05, 4.69) is 4.72 Å². The van der Waals surface area contributed by atoms with Crippen LogP contribution < -0.4 is 15.2 Å². The summed E-state index contributed by atoms with van der Waals surface area (Å²) in [5, 5.41) is 0. The molecule has 0 radical (unpaired) electrons. The van der Waals surface area contributed by atoms with Gasteiger partial charge in [0.2, 0.25) is 10.0 Å². The second kappa shape index (κ2) is 5.69. The Bertz CT molecular complexity index is 533. The Morgan fingerprint density at radius 1 is 1.32 bits per heavy atom. The van der Waals surface area contributed by atoms with Crippen LogP contribution in [0.2, 0.25) is 0 Å². The maximum atomic E-state index is 12.0. The average Bonchev–Trinajstić information content (AvgIpc) is 2.26. The molecule has 19 heavy (non-hydrogen) atoms. The standard InChI is InChI=1S/C13H22N2O3S/c1-13(2,3)7-8-19(16,17)15-11-9-10(14)5-6-12(11)18-4/h5-6,9,15H,7-8,14H2,1-4H3. The van der Waals surface area contributed by atoms with E-state index < -0.39 is 10.0 Å². The van der Waals surface area contributed by atoms with E-state index in [9.17, 15) is 8.42 Å². The predicted octanol–water partition coefficient (Wildman–Crippen LogP) is 2.46. The van der Waals surface area contributed by atoms with Gasteiger partial charge in [-0.3, -0.25) is 4.72 Å². The lowest BCUT2D eigenvalue weighted by molar-refractivity contribution is 0.397. The largest absolute Gasteiger partial charge is 0.495 e. The molecule has 0 aliphatic heterocycles. The molecule has 1 rings (SSSR count). The first-order valence-corrected chi connectivity index (χ1v) is 7.72. The topological polar surface area (TPSA) is 81.4 Å². The van der Waals surface area contributed by atoms with Crippen LogP contribution in [-0.2, 0) is 10.0 Å². The maximum absolute atomic E-state index is 12.0. The normalized spacial score (nSPS) is 12.2. The van der Waals surface area contributed by atoms with Gasteiger partial charge in [-0.05, 0) is 30.0 Å². The van der Waals surface area contributed by atoms with Gasteiger partial charge in [-0.1, -0.05) is 20.8 Å². The van der Waals surface area contributed by atoms with E-state index in [-0.39, 0.29) is 11.2 Å². The molecule has 0 saturated carbocycles. The molecule has 0 aliphatic carbocycles. The summed E-state index contributed by atoms with van der Waals surface area (Å²) in [5.74, 6) is 0.516. The molecule has 0 spiro atoms. The summed E-state index contributed by atoms with van der Waals surface area (Å²) in [6, 6.07) is 4.84. The van der Waals surface area contributed by atoms with Gasteiger partial charge < -0.3 is 10.5 Å². The molecule has 1 aromatic rings. The average molecular weight is 286 g/mol. The van der Waals surface area contributed by atoms with Crippen LogP contribution >= 0.6 is 0 Å². The number of hydrogen-bond acceptors (Lipinski definition) is 4. The quantitative estimate of drug-likeness (QED) is 0.815. The summed E-state index contributed by atoms with van der Waals surface area (Å²) in [6.45, 7) is 6.01. The van der Waals surface area contributed by atoms with Gasteiger partial charge in [-0.2, -0.15) is 0 Å². The van der Waals surface area contributed by atoms with Crippen molar-refractivity contribution in [2.24, 2.45) is 5.41 Å². The Balaban J connectivity index is 2.86. The summed E-state index contributed by atoms with van der Waals surface area (Å²) >= 11 is 0. The fourth-order valence-electron chi connectivity index (χ4n) is 1.46. The van der Waals surface area contributed by atoms with Gasteiger partial charge in [0.1, 0.15) is 5.75 Å². The molecule has 0 bridgehead atoms. The molecule has 108 valence electrons. The summed E-state index contributed by atoms with van der Waals surface area (Å²) in [4.78, 5) is 0. The van der Waals surface area contributed by atoms with Crippen molar-refractivity contribution >= 4 is 21.4 Å². The fourth-order valence-corrected chi connectivity index (χ4v) is 2.94. The third-order valence-electron chi connectivity index (χ3n) is 2.61. The van der Waals surface area contributed by atoms with E-state index in [4.69, 9.17) is 10.5 Å². The first kappa shape index (κ1) is 15.6. The van der Waals surface area contributed by atoms with E-state index in [0.717, 1.165) is 0 Å². The van der Waals surface area contributed by atoms with Crippen molar-refractivity contribution in [3.63, 3.8) is 0 Å². The summed E-state index contributed by atoms with van der Waals surface area (Å²) in [6.07, 6.45) is 0.576. The van der Waals surface area contributed by atoms with Gasteiger partial charge in [-0.15, -0.1) is 0 Å². The zero-order chi connectivity index (χ0) is 14.7. The van der Waals surface area contributed by atoms with E-state index in [1.165, 1.54) is 7.11 Å². The molecule has 6 heteroatoms. The van der Waals surface area contributed by atoms with Gasteiger partial charge in [0.05, 0.1) is 18.6 Å². The molecule has 0 amide bonds. The van der Waals surface area contributed by atoms with Crippen molar-refractivity contribution in [1.29, 1.82) is 0 Å². The monoisotopic (exact) mass is 286 g/mol. The molecule has 0 fully saturated rings. The molecular weight excluding hydrogens is 264 g/mol. The minimum atomic E-state index is -3.40. The second-order valence-corrected chi connectivity index (χ2v) is 7.53. The molecule has 3 N–H and O–H groups in total. The van der Waals surface area contributed by atoms with E-state index in [1.54, 1.807) is 18.2 Å². The van der Waals surface area contributed by atoms with Crippen LogP contribution in [0.1, 0.15) is 27.2 Å². The van der Waals surface area contributed by atoms with Crippen LogP contribution in [0.5, 0.6) is 5.75 Å². The van der Waals surface area contributed by atoms with E-state index in [0.29, 0.717) is 23.5 Å². The van der Waals surface area contributed by atoms with Gasteiger partial charge in [0.15, 0.2) is 0 Å². The molecule has 0 heterocycles. The number of nitrogens with two attached hydrogens (primary N) is 1. The van der Waals surface area contributed by atoms with Crippen molar-refractivity contribution in [3.8, 4) is 5.75 Å². The molecule has 0 unspecified atom stereocenters. The molecule has 0 aliphatic rings. The molecule has 0 atom stereocenters. The van der Waals surface area contributed by atoms with Crippen molar-refractivity contribution in [2.75, 3.05) is 23.3 Å². The minimum absolute atomic E-state index is 0.0332. The number of rotatable bonds is 5. The van der Waals surface area contributed by atoms with Crippen LogP contribution in [0, 0.1) is 5.41 Å². The first-order chi connectivity index (χ1) is 8.63. The number of methoxy groups -OCH3 is 1. The Morgan fingerprint density at radius 2 is 1.95 bits per heavy atom. The lowest BCUT2D eigenvalue weighted by Gasteiger charge is -2.18. The highest BCUT2D eigenvalue weighted by Gasteiger charge is 2.18. The fraction of sp³-hybridized carbons (Fsp3) is 0.538. The first-order valence-electron chi connectivity index (χ1n) is 6.07. The zero-order valence-electron chi connectivity index (χ0n) is 11.9. The second-order valence-electron chi connectivity index (χ2n) is 5.69. The highest BCUT2D eigenvalue weighted by atomic mass is 32.2. The van der Waals surface area contributed by atoms with Crippen LogP contribution in [0.25, 0.3) is 0 Å². The minimum Gasteiger partial charge on any atom is -0.495 e. The summed E-state index contributed by atoms with van der Waals surface area (Å²) in [7, 11) is -1.92. The molecule has 0 saturated heterocycles. The van der Waals surface area contributed by atoms with E-state index >= 15 is 0 Å². The van der Waals surface area contributed by atoms with Crippen LogP contribution in [-0.4, -0.2) is 21.3 Å². The third kappa shape index (κ3) is 5.38. The zero-order valence-corrected chi connectivity index (χ0v) is 12.7. The lowest BCUT2D eigenvalue weighted by atomic mass is 9.94. The van der Waals surface area contributed by atoms with Crippen molar-refractivity contribution in [2.45, 2.75) is 27.2 Å². The third-order valence-corrected chi connectivity index (χ3v) is 3.88. The molecule has 0 aromatic heterocycles. The van der Waals surface area contributed by atoms with E-state index in [1.807, 2.05) is 20.8 Å². The Kier molecular flexibility index (Phi) is 4.68. The Hall–Kier alpha value is -1.43. The Morgan fingerprint density at radius 3 is 2.47 bits per heavy atom. The predicted molar refractivity (Wildman–Crippen MR) is 78.9 cm³/mol. The maximum Gasteiger partial charge on any atom is 0.232 e. The SMILES string of the molecule is COc1ccc(N)cc1NS(=O)(=O)CCC(C)(C)C. The number of hydrogen-bond donors (Lipinski definition) is 2.